The molecule has 0 aliphatic carbocycles. The molecule has 3 nitrogen and oxygen atoms in total. The maximum absolute atomic E-state index is 10.8. The van der Waals surface area contributed by atoms with Gasteiger partial charge >= 0.3 is 0 Å². The van der Waals surface area contributed by atoms with Crippen LogP contribution in [0, 0.1) is 6.92 Å². The van der Waals surface area contributed by atoms with Crippen molar-refractivity contribution >= 4 is 28.4 Å². The molecule has 0 saturated carbocycles. The van der Waals surface area contributed by atoms with Gasteiger partial charge < -0.3 is 5.73 Å². The first-order valence-corrected chi connectivity index (χ1v) is 5.78. The number of aryl methyl sites for hydroxylation is 2. The van der Waals surface area contributed by atoms with Gasteiger partial charge in [0.05, 0.1) is 5.52 Å². The summed E-state index contributed by atoms with van der Waals surface area (Å²) < 4.78 is 0. The molecule has 0 aliphatic rings. The highest BCUT2D eigenvalue weighted by Crippen LogP contribution is 2.23. The van der Waals surface area contributed by atoms with E-state index in [4.69, 9.17) is 17.3 Å². The van der Waals surface area contributed by atoms with Crippen LogP contribution in [0.1, 0.15) is 17.7 Å². The highest BCUT2D eigenvalue weighted by Gasteiger charge is 2.06. The van der Waals surface area contributed by atoms with Gasteiger partial charge in [0.1, 0.15) is 0 Å². The fourth-order valence-electron chi connectivity index (χ4n) is 1.81. The van der Waals surface area contributed by atoms with Gasteiger partial charge in [0.25, 0.3) is 0 Å². The van der Waals surface area contributed by atoms with E-state index in [2.05, 4.69) is 4.98 Å². The van der Waals surface area contributed by atoms with Crippen LogP contribution < -0.4 is 5.73 Å². The largest absolute Gasteiger partial charge is 0.370 e. The maximum Gasteiger partial charge on any atom is 0.217 e. The Bertz CT molecular complexity index is 581. The van der Waals surface area contributed by atoms with Crippen LogP contribution in [0.5, 0.6) is 0 Å². The summed E-state index contributed by atoms with van der Waals surface area (Å²) in [7, 11) is 0. The van der Waals surface area contributed by atoms with Gasteiger partial charge in [-0.25, -0.2) is 0 Å². The molecular formula is C13H13ClN2O. The molecule has 0 fully saturated rings. The fourth-order valence-corrected chi connectivity index (χ4v) is 2.06. The molecule has 1 aromatic heterocycles. The fraction of sp³-hybridized carbons (Fsp3) is 0.231. The molecule has 2 aromatic rings. The lowest BCUT2D eigenvalue weighted by Gasteiger charge is -2.07. The summed E-state index contributed by atoms with van der Waals surface area (Å²) in [5.74, 6) is -0.314. The number of nitrogens with two attached hydrogens (primary N) is 1. The molecule has 0 saturated heterocycles. The Morgan fingerprint density at radius 2 is 2.18 bits per heavy atom. The molecule has 2 rings (SSSR count). The molecule has 88 valence electrons. The number of carbonyl (C=O) groups is 1. The van der Waals surface area contributed by atoms with Gasteiger partial charge in [-0.3, -0.25) is 9.78 Å². The van der Waals surface area contributed by atoms with E-state index in [-0.39, 0.29) is 5.91 Å². The minimum Gasteiger partial charge on any atom is -0.370 e. The minimum atomic E-state index is -0.314. The summed E-state index contributed by atoms with van der Waals surface area (Å²) in [5.41, 5.74) is 7.97. The number of carbonyl (C=O) groups excluding carboxylic acids is 1. The number of hydrogen-bond donors (Lipinski definition) is 1. The second-order valence-electron chi connectivity index (χ2n) is 4.06. The highest BCUT2D eigenvalue weighted by molar-refractivity contribution is 6.31. The predicted octanol–water partition coefficient (Wildman–Crippen LogP) is 2.61. The second kappa shape index (κ2) is 4.72. The topological polar surface area (TPSA) is 56.0 Å². The maximum atomic E-state index is 10.8. The van der Waals surface area contributed by atoms with Crippen LogP contribution in [0.25, 0.3) is 10.9 Å². The zero-order valence-corrected chi connectivity index (χ0v) is 10.3. The summed E-state index contributed by atoms with van der Waals surface area (Å²) in [6.45, 7) is 1.94. The van der Waals surface area contributed by atoms with Crippen LogP contribution in [0.3, 0.4) is 0 Å². The van der Waals surface area contributed by atoms with Crippen molar-refractivity contribution in [3.63, 3.8) is 0 Å². The molecule has 17 heavy (non-hydrogen) atoms. The highest BCUT2D eigenvalue weighted by atomic mass is 35.5. The molecular weight excluding hydrogens is 236 g/mol. The lowest BCUT2D eigenvalue weighted by molar-refractivity contribution is -0.117. The van der Waals surface area contributed by atoms with Crippen molar-refractivity contribution in [3.05, 3.63) is 40.5 Å². The Morgan fingerprint density at radius 1 is 1.41 bits per heavy atom. The van der Waals surface area contributed by atoms with Crippen molar-refractivity contribution in [2.24, 2.45) is 5.73 Å². The van der Waals surface area contributed by atoms with E-state index in [0.717, 1.165) is 22.2 Å². The molecule has 1 heterocycles. The van der Waals surface area contributed by atoms with Crippen molar-refractivity contribution in [1.82, 2.24) is 4.98 Å². The average Bonchev–Trinajstić information content (AvgIpc) is 2.26. The van der Waals surface area contributed by atoms with Gasteiger partial charge in [0, 0.05) is 22.5 Å². The Kier molecular flexibility index (Phi) is 3.29. The summed E-state index contributed by atoms with van der Waals surface area (Å²) >= 11 is 6.03. The number of nitrogens with zero attached hydrogens (tertiary/aromatic N) is 1. The second-order valence-corrected chi connectivity index (χ2v) is 4.49. The van der Waals surface area contributed by atoms with Crippen molar-refractivity contribution in [3.8, 4) is 0 Å². The van der Waals surface area contributed by atoms with E-state index >= 15 is 0 Å². The molecule has 0 bridgehead atoms. The third kappa shape index (κ3) is 2.74. The van der Waals surface area contributed by atoms with Gasteiger partial charge in [-0.2, -0.15) is 0 Å². The number of primary amides is 1. The minimum absolute atomic E-state index is 0.311. The Labute approximate surface area is 105 Å². The van der Waals surface area contributed by atoms with Crippen LogP contribution in [0.15, 0.2) is 24.3 Å². The van der Waals surface area contributed by atoms with Crippen LogP contribution >= 0.6 is 11.6 Å². The zero-order valence-electron chi connectivity index (χ0n) is 9.53. The molecule has 0 unspecified atom stereocenters. The van der Waals surface area contributed by atoms with Gasteiger partial charge in [0.2, 0.25) is 5.91 Å². The normalized spacial score (nSPS) is 10.7. The quantitative estimate of drug-likeness (QED) is 0.908. The SMILES string of the molecule is Cc1ccc2cc(Cl)cc(CCC(N)=O)c2n1. The monoisotopic (exact) mass is 248 g/mol. The first-order valence-electron chi connectivity index (χ1n) is 5.40. The number of benzene rings is 1. The van der Waals surface area contributed by atoms with Crippen LogP contribution in [0.2, 0.25) is 5.02 Å². The van der Waals surface area contributed by atoms with Crippen molar-refractivity contribution < 1.29 is 4.79 Å². The van der Waals surface area contributed by atoms with Crippen LogP contribution in [0.4, 0.5) is 0 Å². The van der Waals surface area contributed by atoms with Gasteiger partial charge in [-0.15, -0.1) is 0 Å². The molecule has 2 N–H and O–H groups in total. The number of aromatic nitrogens is 1. The zero-order chi connectivity index (χ0) is 12.4. The molecule has 1 aromatic carbocycles. The Hall–Kier alpha value is -1.61. The average molecular weight is 249 g/mol. The Balaban J connectivity index is 2.51. The number of hydrogen-bond acceptors (Lipinski definition) is 2. The van der Waals surface area contributed by atoms with Gasteiger partial charge in [0.15, 0.2) is 0 Å². The third-order valence-corrected chi connectivity index (χ3v) is 2.83. The molecule has 0 spiro atoms. The molecule has 0 atom stereocenters. The van der Waals surface area contributed by atoms with Gasteiger partial charge in [-0.05, 0) is 37.1 Å². The summed E-state index contributed by atoms with van der Waals surface area (Å²) in [4.78, 5) is 15.3. The molecule has 1 amide bonds. The smallest absolute Gasteiger partial charge is 0.217 e. The lowest BCUT2D eigenvalue weighted by Crippen LogP contribution is -2.11. The summed E-state index contributed by atoms with van der Waals surface area (Å²) in [6.07, 6.45) is 0.883. The molecule has 0 radical (unpaired) electrons. The lowest BCUT2D eigenvalue weighted by atomic mass is 10.0. The van der Waals surface area contributed by atoms with E-state index in [1.54, 1.807) is 0 Å². The molecule has 0 aliphatic heterocycles. The van der Waals surface area contributed by atoms with E-state index in [9.17, 15) is 4.79 Å². The Morgan fingerprint density at radius 3 is 2.88 bits per heavy atom. The van der Waals surface area contributed by atoms with Crippen molar-refractivity contribution in [2.75, 3.05) is 0 Å². The van der Waals surface area contributed by atoms with E-state index in [0.29, 0.717) is 17.9 Å². The first kappa shape index (κ1) is 11.9. The number of rotatable bonds is 3. The van der Waals surface area contributed by atoms with Crippen molar-refractivity contribution in [1.29, 1.82) is 0 Å². The summed E-state index contributed by atoms with van der Waals surface area (Å²) in [6, 6.07) is 7.64. The summed E-state index contributed by atoms with van der Waals surface area (Å²) in [5, 5.41) is 1.64. The van der Waals surface area contributed by atoms with E-state index in [1.807, 2.05) is 31.2 Å². The number of amides is 1. The first-order chi connectivity index (χ1) is 8.06. The van der Waals surface area contributed by atoms with Crippen LogP contribution in [-0.4, -0.2) is 10.9 Å². The van der Waals surface area contributed by atoms with E-state index < -0.39 is 0 Å². The third-order valence-electron chi connectivity index (χ3n) is 2.62. The van der Waals surface area contributed by atoms with E-state index in [1.165, 1.54) is 0 Å². The predicted molar refractivity (Wildman–Crippen MR) is 69.0 cm³/mol. The van der Waals surface area contributed by atoms with Gasteiger partial charge in [-0.1, -0.05) is 17.7 Å². The van der Waals surface area contributed by atoms with Crippen molar-refractivity contribution in [2.45, 2.75) is 19.8 Å². The number of fused-ring (bicyclic) bond motifs is 1. The molecule has 4 heteroatoms. The van der Waals surface area contributed by atoms with Crippen LogP contribution in [-0.2, 0) is 11.2 Å². The standard InChI is InChI=1S/C13H13ClN2O/c1-8-2-3-9-6-11(14)7-10(13(9)16-8)4-5-12(15)17/h2-3,6-7H,4-5H2,1H3,(H2,15,17). The number of pyridine rings is 1. The number of halogens is 1.